The molecule has 2 aliphatic rings. The lowest BCUT2D eigenvalue weighted by molar-refractivity contribution is 0.122. The molecule has 0 bridgehead atoms. The van der Waals surface area contributed by atoms with Gasteiger partial charge in [0.05, 0.1) is 55.5 Å². The van der Waals surface area contributed by atoms with Crippen LogP contribution in [0, 0.1) is 5.82 Å². The van der Waals surface area contributed by atoms with Gasteiger partial charge in [-0.25, -0.2) is 9.07 Å². The van der Waals surface area contributed by atoms with Gasteiger partial charge in [0.1, 0.15) is 5.76 Å². The molecule has 3 aromatic rings. The van der Waals surface area contributed by atoms with Crippen molar-refractivity contribution in [3.05, 3.63) is 90.3 Å². The Labute approximate surface area is 185 Å². The fraction of sp³-hybridized carbons (Fsp3) is 0.208. The first kappa shape index (κ1) is 20.1. The van der Waals surface area contributed by atoms with E-state index >= 15 is 4.39 Å². The number of morpholine rings is 1. The van der Waals surface area contributed by atoms with Gasteiger partial charge < -0.3 is 14.4 Å². The molecule has 0 aliphatic carbocycles. The number of nitrogens with zero attached hydrogens (tertiary/aromatic N) is 4. The van der Waals surface area contributed by atoms with E-state index in [1.54, 1.807) is 36.6 Å². The molecule has 1 aromatic heterocycles. The van der Waals surface area contributed by atoms with E-state index < -0.39 is 0 Å². The average molecular weight is 433 g/mol. The molecule has 164 valence electrons. The van der Waals surface area contributed by atoms with Crippen molar-refractivity contribution in [3.8, 4) is 5.69 Å². The normalized spacial score (nSPS) is 16.3. The zero-order valence-electron chi connectivity index (χ0n) is 17.7. The number of allylic oxidation sites excluding steroid dienone is 1. The van der Waals surface area contributed by atoms with E-state index in [4.69, 9.17) is 9.47 Å². The summed E-state index contributed by atoms with van der Waals surface area (Å²) >= 11 is 0. The van der Waals surface area contributed by atoms with Crippen LogP contribution in [-0.4, -0.2) is 43.2 Å². The molecule has 2 aromatic carbocycles. The van der Waals surface area contributed by atoms with Gasteiger partial charge in [-0.05, 0) is 36.4 Å². The highest BCUT2D eigenvalue weighted by atomic mass is 19.1. The third kappa shape index (κ3) is 3.92. The van der Waals surface area contributed by atoms with Crippen LogP contribution in [0.2, 0.25) is 0 Å². The minimum Gasteiger partial charge on any atom is -0.495 e. The molecule has 2 aliphatic heterocycles. The number of hydrogen-bond acceptors (Lipinski definition) is 6. The molecule has 1 N–H and O–H groups in total. The van der Waals surface area contributed by atoms with E-state index in [2.05, 4.69) is 15.4 Å². The zero-order valence-corrected chi connectivity index (χ0v) is 17.7. The first-order chi connectivity index (χ1) is 15.7. The molecule has 32 heavy (non-hydrogen) atoms. The van der Waals surface area contributed by atoms with E-state index in [1.165, 1.54) is 0 Å². The summed E-state index contributed by atoms with van der Waals surface area (Å²) in [6.45, 7) is 2.82. The fourth-order valence-electron chi connectivity index (χ4n) is 3.87. The summed E-state index contributed by atoms with van der Waals surface area (Å²) in [7, 11) is 1.59. The topological polar surface area (TPSA) is 54.8 Å². The average Bonchev–Trinajstić information content (AvgIpc) is 3.35. The van der Waals surface area contributed by atoms with E-state index in [9.17, 15) is 0 Å². The first-order valence-corrected chi connectivity index (χ1v) is 10.5. The Bertz CT molecular complexity index is 1150. The lowest BCUT2D eigenvalue weighted by Crippen LogP contribution is -2.37. The second-order valence-corrected chi connectivity index (χ2v) is 7.47. The van der Waals surface area contributed by atoms with Crippen molar-refractivity contribution in [1.82, 2.24) is 15.2 Å². The summed E-state index contributed by atoms with van der Waals surface area (Å²) in [6, 6.07) is 17.0. The summed E-state index contributed by atoms with van der Waals surface area (Å²) < 4.78 is 27.9. The molecule has 0 radical (unpaired) electrons. The highest BCUT2D eigenvalue weighted by Gasteiger charge is 2.21. The first-order valence-electron chi connectivity index (χ1n) is 10.5. The van der Waals surface area contributed by atoms with Gasteiger partial charge in [0, 0.05) is 24.9 Å². The number of methoxy groups -OCH3 is 1. The number of rotatable bonds is 5. The number of hydrogen-bond donors (Lipinski definition) is 1. The van der Waals surface area contributed by atoms with Crippen molar-refractivity contribution >= 4 is 17.1 Å². The van der Waals surface area contributed by atoms with Crippen molar-refractivity contribution in [2.75, 3.05) is 43.3 Å². The van der Waals surface area contributed by atoms with Gasteiger partial charge in [-0.1, -0.05) is 18.2 Å². The number of anilines is 2. The molecule has 0 saturated carbocycles. The quantitative estimate of drug-likeness (QED) is 0.662. The number of ether oxygens (including phenoxy) is 2. The molecule has 0 unspecified atom stereocenters. The van der Waals surface area contributed by atoms with Gasteiger partial charge in [-0.2, -0.15) is 5.10 Å². The van der Waals surface area contributed by atoms with Crippen LogP contribution in [0.15, 0.2) is 78.8 Å². The number of halogens is 1. The summed E-state index contributed by atoms with van der Waals surface area (Å²) in [5.74, 6) is 0.266. The van der Waals surface area contributed by atoms with E-state index in [0.717, 1.165) is 35.9 Å². The lowest BCUT2D eigenvalue weighted by atomic mass is 10.2. The number of hydrazine groups is 1. The van der Waals surface area contributed by atoms with Gasteiger partial charge in [0.15, 0.2) is 5.82 Å². The van der Waals surface area contributed by atoms with Crippen molar-refractivity contribution < 1.29 is 13.9 Å². The second-order valence-electron chi connectivity index (χ2n) is 7.47. The molecule has 1 fully saturated rings. The Hall–Kier alpha value is -3.78. The minimum atomic E-state index is -0.328. The van der Waals surface area contributed by atoms with Crippen LogP contribution in [0.4, 0.5) is 15.8 Å². The molecule has 0 amide bonds. The molecule has 8 heteroatoms. The van der Waals surface area contributed by atoms with Gasteiger partial charge >= 0.3 is 0 Å². The Morgan fingerprint density at radius 2 is 1.84 bits per heavy atom. The summed E-state index contributed by atoms with van der Waals surface area (Å²) in [4.78, 5) is 2.13. The molecule has 0 atom stereocenters. The predicted octanol–water partition coefficient (Wildman–Crippen LogP) is 3.70. The standard InChI is InChI=1S/C24H24FN5O2/c1-31-20-16-22(24-9-10-26-30(24)18-5-3-2-4-6-18)27-29(17-20)23-8-7-19(15-21(23)25)28-11-13-32-14-12-28/h2-10,15-17,27H,11-14H2,1H3. The Kier molecular flexibility index (Phi) is 5.51. The Balaban J connectivity index is 1.45. The Morgan fingerprint density at radius 1 is 1.03 bits per heavy atom. The Morgan fingerprint density at radius 3 is 2.59 bits per heavy atom. The maximum Gasteiger partial charge on any atom is 0.150 e. The number of para-hydroxylation sites is 1. The van der Waals surface area contributed by atoms with Crippen LogP contribution >= 0.6 is 0 Å². The van der Waals surface area contributed by atoms with Gasteiger partial charge in [-0.15, -0.1) is 0 Å². The molecular formula is C24H24FN5O2. The van der Waals surface area contributed by atoms with E-state index in [0.29, 0.717) is 24.7 Å². The molecule has 3 heterocycles. The summed E-state index contributed by atoms with van der Waals surface area (Å²) in [5.41, 5.74) is 7.03. The maximum absolute atomic E-state index is 15.2. The third-order valence-corrected chi connectivity index (χ3v) is 5.51. The van der Waals surface area contributed by atoms with Crippen LogP contribution in [-0.2, 0) is 9.47 Å². The van der Waals surface area contributed by atoms with Crippen LogP contribution < -0.4 is 15.3 Å². The summed E-state index contributed by atoms with van der Waals surface area (Å²) in [5, 5.41) is 6.09. The van der Waals surface area contributed by atoms with Crippen LogP contribution in [0.1, 0.15) is 5.69 Å². The van der Waals surface area contributed by atoms with Gasteiger partial charge in [0.2, 0.25) is 0 Å². The minimum absolute atomic E-state index is 0.328. The van der Waals surface area contributed by atoms with Crippen LogP contribution in [0.25, 0.3) is 11.4 Å². The van der Waals surface area contributed by atoms with Crippen molar-refractivity contribution in [1.29, 1.82) is 0 Å². The zero-order chi connectivity index (χ0) is 21.9. The molecular weight excluding hydrogens is 409 g/mol. The highest BCUT2D eigenvalue weighted by molar-refractivity contribution is 5.71. The molecule has 1 saturated heterocycles. The van der Waals surface area contributed by atoms with E-state index in [-0.39, 0.29) is 5.82 Å². The number of benzene rings is 2. The molecule has 5 rings (SSSR count). The van der Waals surface area contributed by atoms with Crippen molar-refractivity contribution in [3.63, 3.8) is 0 Å². The predicted molar refractivity (Wildman–Crippen MR) is 122 cm³/mol. The largest absolute Gasteiger partial charge is 0.495 e. The number of aromatic nitrogens is 2. The lowest BCUT2D eigenvalue weighted by Gasteiger charge is -2.31. The van der Waals surface area contributed by atoms with E-state index in [1.807, 2.05) is 53.2 Å². The second kappa shape index (κ2) is 8.76. The monoisotopic (exact) mass is 433 g/mol. The van der Waals surface area contributed by atoms with Crippen LogP contribution in [0.3, 0.4) is 0 Å². The smallest absolute Gasteiger partial charge is 0.150 e. The van der Waals surface area contributed by atoms with Crippen molar-refractivity contribution in [2.24, 2.45) is 0 Å². The van der Waals surface area contributed by atoms with Crippen LogP contribution in [0.5, 0.6) is 0 Å². The SMILES string of the molecule is COC1=CN(c2ccc(N3CCOCC3)cc2F)NC(c2ccnn2-c2ccccc2)=C1. The van der Waals surface area contributed by atoms with Crippen molar-refractivity contribution in [2.45, 2.75) is 0 Å². The number of nitrogens with one attached hydrogen (secondary N) is 1. The third-order valence-electron chi connectivity index (χ3n) is 5.51. The highest BCUT2D eigenvalue weighted by Crippen LogP contribution is 2.29. The fourth-order valence-corrected chi connectivity index (χ4v) is 3.87. The van der Waals surface area contributed by atoms with Gasteiger partial charge in [-0.3, -0.25) is 10.4 Å². The molecule has 7 nitrogen and oxygen atoms in total. The maximum atomic E-state index is 15.2. The summed E-state index contributed by atoms with van der Waals surface area (Å²) in [6.07, 6.45) is 5.32. The van der Waals surface area contributed by atoms with Gasteiger partial charge in [0.25, 0.3) is 0 Å². The molecule has 0 spiro atoms.